The molecule has 7 nitrogen and oxygen atoms in total. The lowest BCUT2D eigenvalue weighted by atomic mass is 9.99. The van der Waals surface area contributed by atoms with Gasteiger partial charge in [0.25, 0.3) is 6.43 Å². The van der Waals surface area contributed by atoms with Crippen LogP contribution in [0.4, 0.5) is 20.2 Å². The van der Waals surface area contributed by atoms with E-state index in [1.807, 2.05) is 32.0 Å². The molecule has 1 N–H and O–H groups in total. The fraction of sp³-hybridized carbons (Fsp3) is 0.500. The minimum atomic E-state index is -2.93. The Morgan fingerprint density at radius 3 is 2.36 bits per heavy atom. The number of anilines is 2. The second-order valence-corrected chi connectivity index (χ2v) is 11.6. The number of hydrogen-bond acceptors (Lipinski definition) is 5. The van der Waals surface area contributed by atoms with Gasteiger partial charge in [0.1, 0.15) is 11.3 Å². The summed E-state index contributed by atoms with van der Waals surface area (Å²) in [4.78, 5) is 18.7. The van der Waals surface area contributed by atoms with E-state index in [2.05, 4.69) is 44.1 Å². The Hall–Kier alpha value is -3.17. The van der Waals surface area contributed by atoms with Crippen LogP contribution in [-0.2, 0) is 0 Å². The van der Waals surface area contributed by atoms with Gasteiger partial charge in [0.15, 0.2) is 0 Å². The summed E-state index contributed by atoms with van der Waals surface area (Å²) in [6.07, 6.45) is 2.27. The van der Waals surface area contributed by atoms with E-state index in [-0.39, 0.29) is 6.04 Å². The molecule has 0 amide bonds. The molecule has 226 valence electrons. The van der Waals surface area contributed by atoms with Crippen LogP contribution in [-0.4, -0.2) is 71.6 Å². The van der Waals surface area contributed by atoms with Gasteiger partial charge in [0.2, 0.25) is 0 Å². The van der Waals surface area contributed by atoms with Gasteiger partial charge in [-0.1, -0.05) is 43.6 Å². The fourth-order valence-electron chi connectivity index (χ4n) is 6.13. The summed E-state index contributed by atoms with van der Waals surface area (Å²) in [6, 6.07) is 14.1. The highest BCUT2D eigenvalue weighted by Crippen LogP contribution is 2.38. The monoisotopic (exact) mass is 599 g/mol. The summed E-state index contributed by atoms with van der Waals surface area (Å²) in [7, 11) is 0. The molecule has 2 saturated heterocycles. The van der Waals surface area contributed by atoms with Crippen molar-refractivity contribution in [3.63, 3.8) is 0 Å². The first kappa shape index (κ1) is 30.3. The number of aromatic carboxylic acids is 1. The summed E-state index contributed by atoms with van der Waals surface area (Å²) in [6.45, 7) is 10.7. The zero-order valence-electron chi connectivity index (χ0n) is 24.4. The van der Waals surface area contributed by atoms with Gasteiger partial charge >= 0.3 is 5.97 Å². The van der Waals surface area contributed by atoms with Crippen LogP contribution in [0.2, 0.25) is 5.02 Å². The zero-order chi connectivity index (χ0) is 29.8. The normalized spacial score (nSPS) is 19.5. The van der Waals surface area contributed by atoms with Crippen molar-refractivity contribution < 1.29 is 18.7 Å². The number of alkyl halides is 2. The number of carbonyl (C=O) groups is 1. The molecule has 0 spiro atoms. The largest absolute Gasteiger partial charge is 0.478 e. The first-order valence-corrected chi connectivity index (χ1v) is 15.5. The fourth-order valence-corrected chi connectivity index (χ4v) is 6.30. The van der Waals surface area contributed by atoms with E-state index < -0.39 is 23.7 Å². The number of rotatable bonds is 8. The third kappa shape index (κ3) is 6.73. The van der Waals surface area contributed by atoms with Gasteiger partial charge in [-0.25, -0.2) is 13.6 Å². The lowest BCUT2D eigenvalue weighted by Gasteiger charge is -2.37. The predicted molar refractivity (Wildman–Crippen MR) is 164 cm³/mol. The predicted octanol–water partition coefficient (Wildman–Crippen LogP) is 7.24. The van der Waals surface area contributed by atoms with Crippen LogP contribution in [0.15, 0.2) is 48.7 Å². The van der Waals surface area contributed by atoms with Crippen molar-refractivity contribution in [1.82, 2.24) is 14.7 Å². The molecule has 0 radical (unpaired) electrons. The summed E-state index contributed by atoms with van der Waals surface area (Å²) in [5.41, 5.74) is 3.25. The Labute approximate surface area is 251 Å². The molecule has 6 rings (SSSR count). The van der Waals surface area contributed by atoms with Crippen LogP contribution in [0.3, 0.4) is 0 Å². The Kier molecular flexibility index (Phi) is 9.68. The van der Waals surface area contributed by atoms with Crippen molar-refractivity contribution in [3.8, 4) is 11.1 Å². The molecule has 2 aromatic carbocycles. The smallest absolute Gasteiger partial charge is 0.339 e. The molecular weight excluding hydrogens is 560 g/mol. The van der Waals surface area contributed by atoms with Crippen molar-refractivity contribution in [3.05, 3.63) is 64.9 Å². The van der Waals surface area contributed by atoms with Crippen LogP contribution < -0.4 is 9.80 Å². The van der Waals surface area contributed by atoms with E-state index in [0.717, 1.165) is 68.1 Å². The van der Waals surface area contributed by atoms with Gasteiger partial charge in [0.05, 0.1) is 12.2 Å². The number of nitrogens with zero attached hydrogens (tertiary/aromatic N) is 5. The van der Waals surface area contributed by atoms with Gasteiger partial charge in [-0.3, -0.25) is 9.58 Å². The Morgan fingerprint density at radius 2 is 1.71 bits per heavy atom. The molecule has 1 saturated carbocycles. The number of piperazine rings is 1. The van der Waals surface area contributed by atoms with Crippen molar-refractivity contribution in [1.29, 1.82) is 0 Å². The Balaban J connectivity index is 0.00000173. The van der Waals surface area contributed by atoms with Crippen LogP contribution in [0.1, 0.15) is 68.0 Å². The van der Waals surface area contributed by atoms with E-state index >= 15 is 0 Å². The zero-order valence-corrected chi connectivity index (χ0v) is 25.1. The van der Waals surface area contributed by atoms with Gasteiger partial charge < -0.3 is 14.9 Å². The average molecular weight is 600 g/mol. The number of aromatic nitrogens is 2. The molecule has 3 aliphatic rings. The maximum Gasteiger partial charge on any atom is 0.339 e. The Morgan fingerprint density at radius 1 is 1.00 bits per heavy atom. The standard InChI is InChI=1S/C30H34ClF2N5O2.C2H6/c31-22-7-10-25(21-5-8-23(9-6-21)36-14-12-35(13-15-36)18-20-3-4-20)27(16-22)37-11-1-2-24(19-37)38-28(29(32)33)26(17-34-38)30(39)40;1-2/h5-10,16-17,20,24,29H,1-4,11-15,18-19H2,(H,39,40);1-2H3. The van der Waals surface area contributed by atoms with E-state index in [1.165, 1.54) is 29.8 Å². The van der Waals surface area contributed by atoms with Crippen molar-refractivity contribution >= 4 is 28.9 Å². The quantitative estimate of drug-likeness (QED) is 0.294. The van der Waals surface area contributed by atoms with Crippen LogP contribution in [0, 0.1) is 5.92 Å². The third-order valence-electron chi connectivity index (χ3n) is 8.44. The highest BCUT2D eigenvalue weighted by Gasteiger charge is 2.31. The highest BCUT2D eigenvalue weighted by atomic mass is 35.5. The topological polar surface area (TPSA) is 64.8 Å². The number of halogens is 3. The number of piperidine rings is 1. The molecule has 3 aromatic rings. The highest BCUT2D eigenvalue weighted by molar-refractivity contribution is 6.31. The van der Waals surface area contributed by atoms with Crippen LogP contribution >= 0.6 is 11.6 Å². The Bertz CT molecular complexity index is 1350. The molecule has 3 fully saturated rings. The van der Waals surface area contributed by atoms with Crippen LogP contribution in [0.5, 0.6) is 0 Å². The molecule has 1 atom stereocenters. The van der Waals surface area contributed by atoms with Crippen molar-refractivity contribution in [2.24, 2.45) is 5.92 Å². The van der Waals surface area contributed by atoms with Gasteiger partial charge in [-0.05, 0) is 61.4 Å². The number of hydrogen-bond donors (Lipinski definition) is 1. The van der Waals surface area contributed by atoms with Crippen LogP contribution in [0.25, 0.3) is 11.1 Å². The van der Waals surface area contributed by atoms with E-state index in [0.29, 0.717) is 18.0 Å². The maximum atomic E-state index is 13.9. The summed E-state index contributed by atoms with van der Waals surface area (Å²) in [5.74, 6) is -0.474. The first-order valence-electron chi connectivity index (χ1n) is 15.1. The lowest BCUT2D eigenvalue weighted by Crippen LogP contribution is -2.47. The molecule has 1 unspecified atom stereocenters. The summed E-state index contributed by atoms with van der Waals surface area (Å²) in [5, 5.41) is 14.1. The molecule has 42 heavy (non-hydrogen) atoms. The van der Waals surface area contributed by atoms with Crippen molar-refractivity contribution in [2.45, 2.75) is 52.0 Å². The molecule has 3 heterocycles. The SMILES string of the molecule is CC.O=C(O)c1cnn(C2CCCN(c3cc(Cl)ccc3-c3ccc(N4CCN(CC5CC5)CC4)cc3)C2)c1C(F)F. The minimum absolute atomic E-state index is 0.376. The number of benzene rings is 2. The second kappa shape index (κ2) is 13.4. The maximum absolute atomic E-state index is 13.9. The molecular formula is C32H40ClF2N5O2. The number of carboxylic acids is 1. The van der Waals surface area contributed by atoms with Gasteiger partial charge in [-0.15, -0.1) is 0 Å². The minimum Gasteiger partial charge on any atom is -0.478 e. The van der Waals surface area contributed by atoms with Gasteiger partial charge in [0, 0.05) is 67.8 Å². The van der Waals surface area contributed by atoms with E-state index in [9.17, 15) is 18.7 Å². The average Bonchev–Trinajstić information content (AvgIpc) is 3.71. The van der Waals surface area contributed by atoms with E-state index in [4.69, 9.17) is 11.6 Å². The second-order valence-electron chi connectivity index (χ2n) is 11.2. The van der Waals surface area contributed by atoms with Crippen molar-refractivity contribution in [2.75, 3.05) is 55.6 Å². The molecule has 2 aliphatic heterocycles. The molecule has 0 bridgehead atoms. The molecule has 1 aromatic heterocycles. The molecule has 1 aliphatic carbocycles. The first-order chi connectivity index (χ1) is 20.4. The lowest BCUT2D eigenvalue weighted by molar-refractivity contribution is 0.0681. The van der Waals surface area contributed by atoms with Gasteiger partial charge in [-0.2, -0.15) is 5.10 Å². The van der Waals surface area contributed by atoms with E-state index in [1.54, 1.807) is 0 Å². The number of carboxylic acid groups (broad SMARTS) is 1. The molecule has 10 heteroatoms. The summed E-state index contributed by atoms with van der Waals surface area (Å²) < 4.78 is 29.0. The third-order valence-corrected chi connectivity index (χ3v) is 8.68. The summed E-state index contributed by atoms with van der Waals surface area (Å²) >= 11 is 6.44.